The summed E-state index contributed by atoms with van der Waals surface area (Å²) in [6, 6.07) is 10.6. The van der Waals surface area contributed by atoms with Gasteiger partial charge < -0.3 is 14.5 Å². The van der Waals surface area contributed by atoms with Gasteiger partial charge in [0.25, 0.3) is 5.91 Å². The average Bonchev–Trinajstić information content (AvgIpc) is 2.96. The minimum Gasteiger partial charge on any atom is -0.489 e. The first-order valence-corrected chi connectivity index (χ1v) is 6.33. The first kappa shape index (κ1) is 13.9. The molecule has 1 N–H and O–H groups in total. The fraction of sp³-hybridized carbons (Fsp3) is 0.188. The summed E-state index contributed by atoms with van der Waals surface area (Å²) >= 11 is 0. The number of amides is 1. The van der Waals surface area contributed by atoms with Crippen LogP contribution in [0.15, 0.2) is 59.2 Å². The molecule has 0 saturated carbocycles. The zero-order valence-corrected chi connectivity index (χ0v) is 11.4. The van der Waals surface area contributed by atoms with Gasteiger partial charge in [-0.2, -0.15) is 0 Å². The molecule has 4 nitrogen and oxygen atoms in total. The lowest BCUT2D eigenvalue weighted by Gasteiger charge is -2.07. The monoisotopic (exact) mass is 271 g/mol. The molecule has 2 aromatic rings. The molecule has 2 rings (SSSR count). The zero-order chi connectivity index (χ0) is 14.4. The Morgan fingerprint density at radius 3 is 2.65 bits per heavy atom. The van der Waals surface area contributed by atoms with Crippen LogP contribution in [0.4, 0.5) is 0 Å². The molecule has 1 heterocycles. The summed E-state index contributed by atoms with van der Waals surface area (Å²) in [5.41, 5.74) is 1.53. The molecule has 1 aromatic heterocycles. The molecule has 0 aliphatic heterocycles. The summed E-state index contributed by atoms with van der Waals surface area (Å²) in [5, 5.41) is 2.78. The van der Waals surface area contributed by atoms with Gasteiger partial charge >= 0.3 is 0 Å². The van der Waals surface area contributed by atoms with Gasteiger partial charge in [-0.15, -0.1) is 0 Å². The number of benzene rings is 1. The average molecular weight is 271 g/mol. The molecular weight excluding hydrogens is 254 g/mol. The van der Waals surface area contributed by atoms with E-state index in [2.05, 4.69) is 11.9 Å². The van der Waals surface area contributed by atoms with Gasteiger partial charge in [-0.1, -0.05) is 6.58 Å². The van der Waals surface area contributed by atoms with Crippen LogP contribution < -0.4 is 10.1 Å². The van der Waals surface area contributed by atoms with Crippen LogP contribution in [0.25, 0.3) is 0 Å². The fourth-order valence-electron chi connectivity index (χ4n) is 1.59. The smallest absolute Gasteiger partial charge is 0.251 e. The highest BCUT2D eigenvalue weighted by molar-refractivity contribution is 5.94. The quantitative estimate of drug-likeness (QED) is 0.821. The van der Waals surface area contributed by atoms with E-state index in [1.54, 1.807) is 36.6 Å². The Hall–Kier alpha value is -2.49. The predicted molar refractivity (Wildman–Crippen MR) is 76.6 cm³/mol. The van der Waals surface area contributed by atoms with Crippen molar-refractivity contribution in [3.05, 3.63) is 66.1 Å². The maximum atomic E-state index is 11.9. The maximum absolute atomic E-state index is 11.9. The van der Waals surface area contributed by atoms with E-state index in [-0.39, 0.29) is 5.91 Å². The van der Waals surface area contributed by atoms with Gasteiger partial charge in [0.2, 0.25) is 0 Å². The lowest BCUT2D eigenvalue weighted by molar-refractivity contribution is 0.0948. The van der Waals surface area contributed by atoms with E-state index in [1.807, 2.05) is 13.0 Å². The Morgan fingerprint density at radius 2 is 2.05 bits per heavy atom. The Bertz CT molecular complexity index is 570. The number of furan rings is 1. The highest BCUT2D eigenvalue weighted by atomic mass is 16.5. The van der Waals surface area contributed by atoms with Gasteiger partial charge in [-0.05, 0) is 48.9 Å². The number of carbonyl (C=O) groups excluding carboxylic acids is 1. The summed E-state index contributed by atoms with van der Waals surface area (Å²) < 4.78 is 10.6. The Labute approximate surface area is 118 Å². The van der Waals surface area contributed by atoms with Crippen molar-refractivity contribution in [1.29, 1.82) is 0 Å². The maximum Gasteiger partial charge on any atom is 0.251 e. The van der Waals surface area contributed by atoms with Crippen LogP contribution >= 0.6 is 0 Å². The van der Waals surface area contributed by atoms with E-state index in [1.165, 1.54) is 0 Å². The number of hydrogen-bond donors (Lipinski definition) is 1. The van der Waals surface area contributed by atoms with Crippen molar-refractivity contribution in [3.63, 3.8) is 0 Å². The molecule has 0 spiro atoms. The third kappa shape index (κ3) is 4.02. The molecule has 0 aliphatic carbocycles. The lowest BCUT2D eigenvalue weighted by atomic mass is 10.2. The number of nitrogens with one attached hydrogen (secondary N) is 1. The summed E-state index contributed by atoms with van der Waals surface area (Å²) in [6.45, 7) is 6.52. The van der Waals surface area contributed by atoms with Crippen molar-refractivity contribution >= 4 is 5.91 Å². The number of ether oxygens (including phenoxy) is 1. The van der Waals surface area contributed by atoms with E-state index in [4.69, 9.17) is 9.15 Å². The van der Waals surface area contributed by atoms with Crippen molar-refractivity contribution < 1.29 is 13.9 Å². The van der Waals surface area contributed by atoms with Crippen molar-refractivity contribution in [2.45, 2.75) is 13.5 Å². The van der Waals surface area contributed by atoms with E-state index >= 15 is 0 Å². The summed E-state index contributed by atoms with van der Waals surface area (Å²) in [6.07, 6.45) is 1.58. The van der Waals surface area contributed by atoms with E-state index < -0.39 is 0 Å². The minimum absolute atomic E-state index is 0.146. The summed E-state index contributed by atoms with van der Waals surface area (Å²) in [7, 11) is 0. The second-order valence-electron chi connectivity index (χ2n) is 4.53. The molecule has 4 heteroatoms. The molecule has 0 radical (unpaired) electrons. The molecule has 20 heavy (non-hydrogen) atoms. The topological polar surface area (TPSA) is 51.5 Å². The van der Waals surface area contributed by atoms with Crippen LogP contribution in [0, 0.1) is 0 Å². The predicted octanol–water partition coefficient (Wildman–Crippen LogP) is 3.16. The third-order valence-corrected chi connectivity index (χ3v) is 2.61. The number of hydrogen-bond acceptors (Lipinski definition) is 3. The van der Waals surface area contributed by atoms with Crippen molar-refractivity contribution in [2.75, 3.05) is 6.61 Å². The van der Waals surface area contributed by atoms with Gasteiger partial charge in [-0.25, -0.2) is 0 Å². The largest absolute Gasteiger partial charge is 0.489 e. The van der Waals surface area contributed by atoms with Crippen LogP contribution in [-0.4, -0.2) is 12.5 Å². The fourth-order valence-corrected chi connectivity index (χ4v) is 1.59. The Balaban J connectivity index is 1.88. The molecule has 1 amide bonds. The first-order chi connectivity index (χ1) is 9.65. The molecule has 0 aliphatic rings. The van der Waals surface area contributed by atoms with Gasteiger partial charge in [0.1, 0.15) is 18.1 Å². The van der Waals surface area contributed by atoms with Crippen LogP contribution in [0.5, 0.6) is 5.75 Å². The van der Waals surface area contributed by atoms with Crippen molar-refractivity contribution in [1.82, 2.24) is 5.32 Å². The van der Waals surface area contributed by atoms with Crippen LogP contribution in [-0.2, 0) is 6.54 Å². The highest BCUT2D eigenvalue weighted by Crippen LogP contribution is 2.13. The molecule has 0 atom stereocenters. The molecule has 0 fully saturated rings. The molecular formula is C16H17NO3. The standard InChI is InChI=1S/C16H17NO3/c1-12(2)11-20-14-7-5-13(6-8-14)16(18)17-10-15-4-3-9-19-15/h3-9H,1,10-11H2,2H3,(H,17,18). The number of carbonyl (C=O) groups is 1. The van der Waals surface area contributed by atoms with Gasteiger partial charge in [0.15, 0.2) is 0 Å². The zero-order valence-electron chi connectivity index (χ0n) is 11.4. The normalized spacial score (nSPS) is 10.1. The first-order valence-electron chi connectivity index (χ1n) is 6.33. The SMILES string of the molecule is C=C(C)COc1ccc(C(=O)NCc2ccco2)cc1. The van der Waals surface area contributed by atoms with Crippen LogP contribution in [0.3, 0.4) is 0 Å². The second kappa shape index (κ2) is 6.61. The molecule has 0 saturated heterocycles. The van der Waals surface area contributed by atoms with Crippen molar-refractivity contribution in [2.24, 2.45) is 0 Å². The van der Waals surface area contributed by atoms with Crippen LogP contribution in [0.2, 0.25) is 0 Å². The molecule has 0 bridgehead atoms. The Kier molecular flexibility index (Phi) is 4.60. The molecule has 104 valence electrons. The summed E-state index contributed by atoms with van der Waals surface area (Å²) in [4.78, 5) is 11.9. The van der Waals surface area contributed by atoms with Gasteiger partial charge in [0.05, 0.1) is 12.8 Å². The molecule has 0 unspecified atom stereocenters. The van der Waals surface area contributed by atoms with Gasteiger partial charge in [0, 0.05) is 5.56 Å². The highest BCUT2D eigenvalue weighted by Gasteiger charge is 2.06. The third-order valence-electron chi connectivity index (χ3n) is 2.61. The number of rotatable bonds is 6. The van der Waals surface area contributed by atoms with E-state index in [9.17, 15) is 4.79 Å². The second-order valence-corrected chi connectivity index (χ2v) is 4.53. The Morgan fingerprint density at radius 1 is 1.30 bits per heavy atom. The minimum atomic E-state index is -0.146. The lowest BCUT2D eigenvalue weighted by Crippen LogP contribution is -2.22. The van der Waals surface area contributed by atoms with Crippen LogP contribution in [0.1, 0.15) is 23.0 Å². The molecule has 1 aromatic carbocycles. The van der Waals surface area contributed by atoms with Crippen molar-refractivity contribution in [3.8, 4) is 5.75 Å². The van der Waals surface area contributed by atoms with E-state index in [0.29, 0.717) is 18.7 Å². The van der Waals surface area contributed by atoms with E-state index in [0.717, 1.165) is 17.1 Å². The van der Waals surface area contributed by atoms with Gasteiger partial charge in [-0.3, -0.25) is 4.79 Å². The summed E-state index contributed by atoms with van der Waals surface area (Å²) in [5.74, 6) is 1.29.